The van der Waals surface area contributed by atoms with Crippen molar-refractivity contribution in [3.63, 3.8) is 0 Å². The summed E-state index contributed by atoms with van der Waals surface area (Å²) in [6.07, 6.45) is 0.353. The third-order valence-electron chi connectivity index (χ3n) is 4.48. The average Bonchev–Trinajstić information content (AvgIpc) is 3.12. The molecule has 2 amide bonds. The SMILES string of the molecule is CCNC(=O)N(Cc1ccccc1F)C[C@H]1CC(c2ccc(C)cc2)=NO1. The van der Waals surface area contributed by atoms with Gasteiger partial charge in [-0.3, -0.25) is 0 Å². The van der Waals surface area contributed by atoms with Crippen LogP contribution in [0.5, 0.6) is 0 Å². The van der Waals surface area contributed by atoms with E-state index in [0.29, 0.717) is 25.1 Å². The molecule has 27 heavy (non-hydrogen) atoms. The number of hydrogen-bond acceptors (Lipinski definition) is 3. The van der Waals surface area contributed by atoms with E-state index >= 15 is 0 Å². The fourth-order valence-electron chi connectivity index (χ4n) is 3.00. The standard InChI is InChI=1S/C21H24FN3O2/c1-3-23-21(26)25(13-17-6-4-5-7-19(17)22)14-18-12-20(24-27-18)16-10-8-15(2)9-11-16/h4-11,18H,3,12-14H2,1-2H3,(H,23,26)/t18-/m1/s1. The molecule has 0 fully saturated rings. The van der Waals surface area contributed by atoms with Gasteiger partial charge in [0.1, 0.15) is 5.82 Å². The van der Waals surface area contributed by atoms with Gasteiger partial charge < -0.3 is 15.1 Å². The number of benzene rings is 2. The van der Waals surface area contributed by atoms with Gasteiger partial charge in [0.15, 0.2) is 6.10 Å². The monoisotopic (exact) mass is 369 g/mol. The summed E-state index contributed by atoms with van der Waals surface area (Å²) in [5, 5.41) is 6.96. The minimum atomic E-state index is -0.323. The predicted molar refractivity (Wildman–Crippen MR) is 103 cm³/mol. The molecular formula is C21H24FN3O2. The molecular weight excluding hydrogens is 345 g/mol. The summed E-state index contributed by atoms with van der Waals surface area (Å²) >= 11 is 0. The third-order valence-corrected chi connectivity index (χ3v) is 4.48. The summed E-state index contributed by atoms with van der Waals surface area (Å²) in [5.74, 6) is -0.323. The number of oxime groups is 1. The van der Waals surface area contributed by atoms with E-state index in [2.05, 4.69) is 10.5 Å². The Morgan fingerprint density at radius 1 is 1.26 bits per heavy atom. The first-order valence-electron chi connectivity index (χ1n) is 9.12. The highest BCUT2D eigenvalue weighted by Crippen LogP contribution is 2.19. The summed E-state index contributed by atoms with van der Waals surface area (Å²) in [7, 11) is 0. The lowest BCUT2D eigenvalue weighted by Crippen LogP contribution is -2.43. The zero-order chi connectivity index (χ0) is 19.2. The fraction of sp³-hybridized carbons (Fsp3) is 0.333. The summed E-state index contributed by atoms with van der Waals surface area (Å²) < 4.78 is 14.0. The highest BCUT2D eigenvalue weighted by molar-refractivity contribution is 6.01. The van der Waals surface area contributed by atoms with Crippen LogP contribution in [0.2, 0.25) is 0 Å². The van der Waals surface area contributed by atoms with Crippen molar-refractivity contribution in [2.75, 3.05) is 13.1 Å². The first kappa shape index (κ1) is 18.9. The molecule has 1 aliphatic rings. The Bertz CT molecular complexity index is 820. The molecule has 142 valence electrons. The Balaban J connectivity index is 1.67. The van der Waals surface area contributed by atoms with Crippen LogP contribution in [0.15, 0.2) is 53.7 Å². The van der Waals surface area contributed by atoms with Crippen molar-refractivity contribution >= 4 is 11.7 Å². The largest absolute Gasteiger partial charge is 0.390 e. The van der Waals surface area contributed by atoms with Crippen LogP contribution in [-0.2, 0) is 11.4 Å². The normalized spacial score (nSPS) is 15.8. The van der Waals surface area contributed by atoms with Crippen LogP contribution in [0.3, 0.4) is 0 Å². The number of hydrogen-bond donors (Lipinski definition) is 1. The van der Waals surface area contributed by atoms with E-state index in [9.17, 15) is 9.18 Å². The molecule has 5 nitrogen and oxygen atoms in total. The molecule has 0 bridgehead atoms. The van der Waals surface area contributed by atoms with E-state index in [0.717, 1.165) is 11.3 Å². The molecule has 0 saturated carbocycles. The number of carbonyl (C=O) groups is 1. The van der Waals surface area contributed by atoms with Gasteiger partial charge in [0.25, 0.3) is 0 Å². The van der Waals surface area contributed by atoms with Crippen LogP contribution >= 0.6 is 0 Å². The van der Waals surface area contributed by atoms with Gasteiger partial charge in [-0.25, -0.2) is 9.18 Å². The number of nitrogens with one attached hydrogen (secondary N) is 1. The van der Waals surface area contributed by atoms with E-state index in [-0.39, 0.29) is 24.5 Å². The minimum Gasteiger partial charge on any atom is -0.390 e. The lowest BCUT2D eigenvalue weighted by molar-refractivity contribution is 0.0588. The molecule has 1 atom stereocenters. The molecule has 2 aromatic rings. The topological polar surface area (TPSA) is 53.9 Å². The summed E-state index contributed by atoms with van der Waals surface area (Å²) in [6.45, 7) is 4.90. The zero-order valence-electron chi connectivity index (χ0n) is 15.6. The maximum atomic E-state index is 14.0. The van der Waals surface area contributed by atoms with Crippen LogP contribution < -0.4 is 5.32 Å². The molecule has 6 heteroatoms. The van der Waals surface area contributed by atoms with Crippen LogP contribution in [0.4, 0.5) is 9.18 Å². The van der Waals surface area contributed by atoms with Crippen LogP contribution in [0.25, 0.3) is 0 Å². The average molecular weight is 369 g/mol. The number of nitrogens with zero attached hydrogens (tertiary/aromatic N) is 2. The van der Waals surface area contributed by atoms with E-state index in [1.807, 2.05) is 38.1 Å². The van der Waals surface area contributed by atoms with E-state index in [4.69, 9.17) is 4.84 Å². The molecule has 0 aliphatic carbocycles. The van der Waals surface area contributed by atoms with Crippen LogP contribution in [-0.4, -0.2) is 35.8 Å². The Morgan fingerprint density at radius 2 is 2.00 bits per heavy atom. The minimum absolute atomic E-state index is 0.179. The zero-order valence-corrected chi connectivity index (χ0v) is 15.6. The smallest absolute Gasteiger partial charge is 0.317 e. The van der Waals surface area contributed by atoms with Crippen molar-refractivity contribution in [3.05, 3.63) is 71.0 Å². The van der Waals surface area contributed by atoms with Crippen LogP contribution in [0.1, 0.15) is 30.0 Å². The van der Waals surface area contributed by atoms with Gasteiger partial charge in [0.2, 0.25) is 0 Å². The molecule has 2 aromatic carbocycles. The molecule has 1 heterocycles. The second-order valence-corrected chi connectivity index (χ2v) is 6.64. The van der Waals surface area contributed by atoms with Crippen molar-refractivity contribution < 1.29 is 14.0 Å². The Hall–Kier alpha value is -2.89. The Labute approximate surface area is 158 Å². The highest BCUT2D eigenvalue weighted by atomic mass is 19.1. The molecule has 0 unspecified atom stereocenters. The van der Waals surface area contributed by atoms with Gasteiger partial charge in [0, 0.05) is 18.5 Å². The van der Waals surface area contributed by atoms with E-state index < -0.39 is 0 Å². The van der Waals surface area contributed by atoms with Gasteiger partial charge in [-0.1, -0.05) is 53.2 Å². The van der Waals surface area contributed by atoms with Crippen LogP contribution in [0, 0.1) is 12.7 Å². The van der Waals surface area contributed by atoms with Crippen molar-refractivity contribution in [3.8, 4) is 0 Å². The number of amides is 2. The van der Waals surface area contributed by atoms with E-state index in [1.165, 1.54) is 11.6 Å². The molecule has 0 radical (unpaired) electrons. The molecule has 3 rings (SSSR count). The molecule has 0 saturated heterocycles. The van der Waals surface area contributed by atoms with Gasteiger partial charge in [-0.05, 0) is 25.5 Å². The third kappa shape index (κ3) is 4.84. The quantitative estimate of drug-likeness (QED) is 0.841. The van der Waals surface area contributed by atoms with Gasteiger partial charge in [0.05, 0.1) is 18.8 Å². The summed E-state index contributed by atoms with van der Waals surface area (Å²) in [4.78, 5) is 19.6. The molecule has 1 N–H and O–H groups in total. The van der Waals surface area contributed by atoms with Crippen molar-refractivity contribution in [2.45, 2.75) is 32.9 Å². The maximum Gasteiger partial charge on any atom is 0.317 e. The van der Waals surface area contributed by atoms with Gasteiger partial charge >= 0.3 is 6.03 Å². The summed E-state index contributed by atoms with van der Waals surface area (Å²) in [6, 6.07) is 14.3. The second kappa shape index (κ2) is 8.66. The number of halogens is 1. The van der Waals surface area contributed by atoms with Gasteiger partial charge in [-0.15, -0.1) is 0 Å². The maximum absolute atomic E-state index is 14.0. The fourth-order valence-corrected chi connectivity index (χ4v) is 3.00. The van der Waals surface area contributed by atoms with Gasteiger partial charge in [-0.2, -0.15) is 0 Å². The molecule has 0 spiro atoms. The highest BCUT2D eigenvalue weighted by Gasteiger charge is 2.27. The Kier molecular flexibility index (Phi) is 6.06. The van der Waals surface area contributed by atoms with Crippen molar-refractivity contribution in [1.29, 1.82) is 0 Å². The number of carbonyl (C=O) groups excluding carboxylic acids is 1. The predicted octanol–water partition coefficient (Wildman–Crippen LogP) is 3.86. The number of rotatable bonds is 6. The number of urea groups is 1. The molecule has 0 aromatic heterocycles. The lowest BCUT2D eigenvalue weighted by atomic mass is 10.0. The second-order valence-electron chi connectivity index (χ2n) is 6.64. The summed E-state index contributed by atoms with van der Waals surface area (Å²) in [5.41, 5.74) is 3.53. The molecule has 1 aliphatic heterocycles. The first-order chi connectivity index (χ1) is 13.1. The van der Waals surface area contributed by atoms with E-state index in [1.54, 1.807) is 23.1 Å². The number of aryl methyl sites for hydroxylation is 1. The van der Waals surface area contributed by atoms with Crippen molar-refractivity contribution in [1.82, 2.24) is 10.2 Å². The Morgan fingerprint density at radius 3 is 2.70 bits per heavy atom. The van der Waals surface area contributed by atoms with Crippen molar-refractivity contribution in [2.24, 2.45) is 5.16 Å². The lowest BCUT2D eigenvalue weighted by Gasteiger charge is -2.25. The first-order valence-corrected chi connectivity index (χ1v) is 9.12.